The Bertz CT molecular complexity index is 475. The van der Waals surface area contributed by atoms with Crippen LogP contribution in [0.15, 0.2) is 12.3 Å². The van der Waals surface area contributed by atoms with Gasteiger partial charge < -0.3 is 14.5 Å². The molecule has 2 atom stereocenters. The van der Waals surface area contributed by atoms with Crippen molar-refractivity contribution in [1.82, 2.24) is 19.8 Å². The number of anilines is 1. The van der Waals surface area contributed by atoms with Gasteiger partial charge in [-0.25, -0.2) is 4.98 Å². The average Bonchev–Trinajstić information content (AvgIpc) is 2.86. The summed E-state index contributed by atoms with van der Waals surface area (Å²) in [5.74, 6) is 2.17. The number of hydrogen-bond donors (Lipinski definition) is 0. The fourth-order valence-corrected chi connectivity index (χ4v) is 3.51. The molecule has 2 aliphatic heterocycles. The zero-order valence-electron chi connectivity index (χ0n) is 13.2. The third kappa shape index (κ3) is 3.11. The van der Waals surface area contributed by atoms with Crippen molar-refractivity contribution in [2.45, 2.75) is 13.0 Å². The molecule has 2 fully saturated rings. The van der Waals surface area contributed by atoms with Crippen molar-refractivity contribution >= 4 is 5.95 Å². The van der Waals surface area contributed by atoms with Gasteiger partial charge in [-0.15, -0.1) is 0 Å². The second-order valence-corrected chi connectivity index (χ2v) is 6.19. The Morgan fingerprint density at radius 1 is 1.19 bits per heavy atom. The fraction of sp³-hybridized carbons (Fsp3) is 0.733. The molecule has 6 nitrogen and oxygen atoms in total. The Kier molecular flexibility index (Phi) is 4.26. The first kappa shape index (κ1) is 14.5. The van der Waals surface area contributed by atoms with Crippen LogP contribution in [-0.4, -0.2) is 79.2 Å². The molecule has 0 bridgehead atoms. The van der Waals surface area contributed by atoms with Crippen molar-refractivity contribution in [2.75, 3.05) is 58.3 Å². The second-order valence-electron chi connectivity index (χ2n) is 6.19. The SMILES string of the molecule is COc1ccnc(N2CCN([C@@H]3CN(C)C[C@@H]3C)CC2)n1. The fourth-order valence-electron chi connectivity index (χ4n) is 3.51. The van der Waals surface area contributed by atoms with E-state index in [0.29, 0.717) is 11.9 Å². The number of likely N-dealkylation sites (N-methyl/N-ethyl adjacent to an activating group) is 1. The van der Waals surface area contributed by atoms with Gasteiger partial charge in [0.25, 0.3) is 0 Å². The highest BCUT2D eigenvalue weighted by Crippen LogP contribution is 2.23. The van der Waals surface area contributed by atoms with Gasteiger partial charge in [-0.1, -0.05) is 6.92 Å². The van der Waals surface area contributed by atoms with Gasteiger partial charge in [-0.05, 0) is 13.0 Å². The molecule has 0 unspecified atom stereocenters. The van der Waals surface area contributed by atoms with Crippen molar-refractivity contribution < 1.29 is 4.74 Å². The summed E-state index contributed by atoms with van der Waals surface area (Å²) >= 11 is 0. The zero-order valence-corrected chi connectivity index (χ0v) is 13.2. The highest BCUT2D eigenvalue weighted by Gasteiger charge is 2.33. The monoisotopic (exact) mass is 291 g/mol. The molecule has 0 saturated carbocycles. The quantitative estimate of drug-likeness (QED) is 0.811. The summed E-state index contributed by atoms with van der Waals surface area (Å²) < 4.78 is 5.18. The first-order chi connectivity index (χ1) is 10.2. The van der Waals surface area contributed by atoms with Crippen LogP contribution in [0.25, 0.3) is 0 Å². The molecule has 0 N–H and O–H groups in total. The lowest BCUT2D eigenvalue weighted by atomic mass is 10.0. The molecule has 6 heteroatoms. The van der Waals surface area contributed by atoms with Gasteiger partial charge in [0, 0.05) is 57.6 Å². The van der Waals surface area contributed by atoms with E-state index in [1.807, 2.05) is 0 Å². The Morgan fingerprint density at radius 3 is 2.57 bits per heavy atom. The molecule has 1 aromatic heterocycles. The summed E-state index contributed by atoms with van der Waals surface area (Å²) in [6.07, 6.45) is 1.77. The predicted molar refractivity (Wildman–Crippen MR) is 82.8 cm³/mol. The number of piperazine rings is 1. The topological polar surface area (TPSA) is 44.7 Å². The summed E-state index contributed by atoms with van der Waals surface area (Å²) in [5, 5.41) is 0. The standard InChI is InChI=1S/C15H25N5O/c1-12-10-18(2)11-13(12)19-6-8-20(9-7-19)15-16-5-4-14(17-15)21-3/h4-5,12-13H,6-11H2,1-3H3/t12-,13+/m0/s1. The molecule has 0 aromatic carbocycles. The highest BCUT2D eigenvalue weighted by molar-refractivity contribution is 5.32. The van der Waals surface area contributed by atoms with Crippen LogP contribution >= 0.6 is 0 Å². The van der Waals surface area contributed by atoms with Gasteiger partial charge in [0.1, 0.15) is 0 Å². The summed E-state index contributed by atoms with van der Waals surface area (Å²) in [5.41, 5.74) is 0. The van der Waals surface area contributed by atoms with Crippen LogP contribution in [-0.2, 0) is 0 Å². The van der Waals surface area contributed by atoms with Crippen LogP contribution in [0.1, 0.15) is 6.92 Å². The molecular formula is C15H25N5O. The molecule has 1 aromatic rings. The van der Waals surface area contributed by atoms with Crippen LogP contribution in [0, 0.1) is 5.92 Å². The molecule has 3 rings (SSSR count). The van der Waals surface area contributed by atoms with E-state index in [4.69, 9.17) is 4.74 Å². The molecule has 21 heavy (non-hydrogen) atoms. The number of likely N-dealkylation sites (tertiary alicyclic amines) is 1. The van der Waals surface area contributed by atoms with E-state index in [1.54, 1.807) is 19.4 Å². The second kappa shape index (κ2) is 6.15. The lowest BCUT2D eigenvalue weighted by molar-refractivity contribution is 0.163. The van der Waals surface area contributed by atoms with E-state index in [9.17, 15) is 0 Å². The van der Waals surface area contributed by atoms with Crippen molar-refractivity contribution in [3.8, 4) is 5.88 Å². The lowest BCUT2D eigenvalue weighted by Crippen LogP contribution is -2.52. The van der Waals surface area contributed by atoms with Gasteiger partial charge in [-0.2, -0.15) is 4.98 Å². The number of aromatic nitrogens is 2. The number of hydrogen-bond acceptors (Lipinski definition) is 6. The molecule has 2 aliphatic rings. The van der Waals surface area contributed by atoms with Crippen molar-refractivity contribution in [1.29, 1.82) is 0 Å². The summed E-state index contributed by atoms with van der Waals surface area (Å²) in [4.78, 5) is 16.1. The molecule has 0 aliphatic carbocycles. The minimum atomic E-state index is 0.633. The number of methoxy groups -OCH3 is 1. The number of nitrogens with zero attached hydrogens (tertiary/aromatic N) is 5. The maximum Gasteiger partial charge on any atom is 0.228 e. The van der Waals surface area contributed by atoms with Gasteiger partial charge in [0.05, 0.1) is 7.11 Å². The minimum Gasteiger partial charge on any atom is -0.481 e. The third-order valence-electron chi connectivity index (χ3n) is 4.65. The highest BCUT2D eigenvalue weighted by atomic mass is 16.5. The van der Waals surface area contributed by atoms with Gasteiger partial charge in [0.2, 0.25) is 11.8 Å². The normalized spacial score (nSPS) is 28.0. The van der Waals surface area contributed by atoms with E-state index in [-0.39, 0.29) is 0 Å². The number of rotatable bonds is 3. The molecule has 3 heterocycles. The van der Waals surface area contributed by atoms with Crippen LogP contribution in [0.3, 0.4) is 0 Å². The van der Waals surface area contributed by atoms with E-state index in [0.717, 1.165) is 38.0 Å². The van der Waals surface area contributed by atoms with Gasteiger partial charge in [0.15, 0.2) is 0 Å². The molecule has 0 amide bonds. The molecule has 2 saturated heterocycles. The average molecular weight is 291 g/mol. The van der Waals surface area contributed by atoms with Crippen LogP contribution in [0.4, 0.5) is 5.95 Å². The van der Waals surface area contributed by atoms with Crippen molar-refractivity contribution in [2.24, 2.45) is 5.92 Å². The smallest absolute Gasteiger partial charge is 0.228 e. The molecule has 0 radical (unpaired) electrons. The van der Waals surface area contributed by atoms with Gasteiger partial charge in [-0.3, -0.25) is 4.90 Å². The maximum atomic E-state index is 5.18. The predicted octanol–water partition coefficient (Wildman–Crippen LogP) is 0.557. The Hall–Kier alpha value is -1.40. The van der Waals surface area contributed by atoms with E-state index < -0.39 is 0 Å². The first-order valence-corrected chi connectivity index (χ1v) is 7.72. The third-order valence-corrected chi connectivity index (χ3v) is 4.65. The first-order valence-electron chi connectivity index (χ1n) is 7.72. The van der Waals surface area contributed by atoms with E-state index in [2.05, 4.69) is 38.6 Å². The Balaban J connectivity index is 1.60. The zero-order chi connectivity index (χ0) is 14.8. The molecular weight excluding hydrogens is 266 g/mol. The lowest BCUT2D eigenvalue weighted by Gasteiger charge is -2.39. The van der Waals surface area contributed by atoms with Crippen molar-refractivity contribution in [3.05, 3.63) is 12.3 Å². The number of ether oxygens (including phenoxy) is 1. The maximum absolute atomic E-state index is 5.18. The summed E-state index contributed by atoms with van der Waals surface area (Å²) in [6, 6.07) is 2.49. The van der Waals surface area contributed by atoms with Crippen LogP contribution in [0.5, 0.6) is 5.88 Å². The minimum absolute atomic E-state index is 0.633. The largest absolute Gasteiger partial charge is 0.481 e. The van der Waals surface area contributed by atoms with Crippen LogP contribution in [0.2, 0.25) is 0 Å². The Morgan fingerprint density at radius 2 is 1.95 bits per heavy atom. The Labute approximate surface area is 126 Å². The summed E-state index contributed by atoms with van der Waals surface area (Å²) in [7, 11) is 3.86. The molecule has 0 spiro atoms. The van der Waals surface area contributed by atoms with Crippen molar-refractivity contribution in [3.63, 3.8) is 0 Å². The van der Waals surface area contributed by atoms with Crippen LogP contribution < -0.4 is 9.64 Å². The van der Waals surface area contributed by atoms with E-state index >= 15 is 0 Å². The van der Waals surface area contributed by atoms with Gasteiger partial charge >= 0.3 is 0 Å². The molecule has 116 valence electrons. The summed E-state index contributed by atoms with van der Waals surface area (Å²) in [6.45, 7) is 8.92. The van der Waals surface area contributed by atoms with E-state index in [1.165, 1.54) is 13.1 Å².